The monoisotopic (exact) mass is 457 g/mol. The van der Waals surface area contributed by atoms with E-state index in [0.29, 0.717) is 0 Å². The van der Waals surface area contributed by atoms with Gasteiger partial charge in [0, 0.05) is 35.1 Å². The summed E-state index contributed by atoms with van der Waals surface area (Å²) >= 11 is 0. The molecule has 4 rings (SSSR count). The molecule has 174 valence electrons. The highest BCUT2D eigenvalue weighted by atomic mass is 16.6. The molecule has 4 aromatic rings. The van der Waals surface area contributed by atoms with Gasteiger partial charge in [-0.3, -0.25) is 9.78 Å². The number of ether oxygens (including phenoxy) is 1. The second-order valence-corrected chi connectivity index (χ2v) is 8.95. The number of hydrogen-bond donors (Lipinski definition) is 3. The molecule has 8 heteroatoms. The Morgan fingerprint density at radius 3 is 2.79 bits per heavy atom. The molecule has 2 aromatic heterocycles. The van der Waals surface area contributed by atoms with Crippen LogP contribution in [-0.2, 0) is 16.0 Å². The molecule has 1 atom stereocenters. The van der Waals surface area contributed by atoms with Crippen molar-refractivity contribution in [3.05, 3.63) is 78.1 Å². The minimum atomic E-state index is -0.882. The molecule has 0 aliphatic heterocycles. The van der Waals surface area contributed by atoms with Crippen LogP contribution >= 0.6 is 0 Å². The molecule has 0 radical (unpaired) electrons. The minimum absolute atomic E-state index is 0.270. The van der Waals surface area contributed by atoms with Crippen LogP contribution in [0.1, 0.15) is 31.9 Å². The van der Waals surface area contributed by atoms with E-state index in [0.717, 1.165) is 32.9 Å². The largest absolute Gasteiger partial charge is 0.444 e. The van der Waals surface area contributed by atoms with Gasteiger partial charge in [-0.2, -0.15) is 5.10 Å². The normalized spacial score (nSPS) is 12.7. The highest BCUT2D eigenvalue weighted by molar-refractivity contribution is 5.91. The average Bonchev–Trinajstić information content (AvgIpc) is 3.20. The molecular weight excluding hydrogens is 430 g/mol. The zero-order chi connectivity index (χ0) is 24.1. The van der Waals surface area contributed by atoms with Crippen LogP contribution < -0.4 is 10.7 Å². The Hall–Kier alpha value is -4.20. The van der Waals surface area contributed by atoms with Gasteiger partial charge < -0.3 is 15.0 Å². The van der Waals surface area contributed by atoms with Crippen LogP contribution in [0.2, 0.25) is 0 Å². The van der Waals surface area contributed by atoms with Crippen molar-refractivity contribution in [2.24, 2.45) is 5.10 Å². The minimum Gasteiger partial charge on any atom is -0.444 e. The first-order valence-corrected chi connectivity index (χ1v) is 11.0. The summed E-state index contributed by atoms with van der Waals surface area (Å²) in [4.78, 5) is 32.9. The Morgan fingerprint density at radius 2 is 1.97 bits per heavy atom. The van der Waals surface area contributed by atoms with Crippen molar-refractivity contribution in [2.45, 2.75) is 38.8 Å². The van der Waals surface area contributed by atoms with Gasteiger partial charge in [0.1, 0.15) is 11.6 Å². The average molecular weight is 458 g/mol. The van der Waals surface area contributed by atoms with E-state index in [1.165, 1.54) is 0 Å². The van der Waals surface area contributed by atoms with Gasteiger partial charge in [-0.15, -0.1) is 0 Å². The Morgan fingerprint density at radius 1 is 1.15 bits per heavy atom. The number of alkyl carbamates (subject to hydrolysis) is 1. The number of aromatic amines is 1. The van der Waals surface area contributed by atoms with E-state index < -0.39 is 23.6 Å². The third kappa shape index (κ3) is 5.78. The van der Waals surface area contributed by atoms with E-state index in [2.05, 4.69) is 25.8 Å². The molecule has 0 spiro atoms. The van der Waals surface area contributed by atoms with Crippen LogP contribution in [0.25, 0.3) is 21.8 Å². The summed E-state index contributed by atoms with van der Waals surface area (Å²) < 4.78 is 5.36. The molecular formula is C26H27N5O3. The van der Waals surface area contributed by atoms with E-state index >= 15 is 0 Å². The summed E-state index contributed by atoms with van der Waals surface area (Å²) in [6.07, 6.45) is 4.74. The molecule has 3 N–H and O–H groups in total. The van der Waals surface area contributed by atoms with Gasteiger partial charge in [0.05, 0.1) is 11.7 Å². The smallest absolute Gasteiger partial charge is 0.408 e. The molecule has 2 aromatic carbocycles. The molecule has 8 nitrogen and oxygen atoms in total. The third-order valence-corrected chi connectivity index (χ3v) is 5.12. The molecule has 0 saturated carbocycles. The standard InChI is InChI=1S/C26H27N5O3/c1-26(2,3)34-25(33)30-23(14-19-16-28-22-9-5-4-8-20(19)22)24(32)31-29-15-17-10-11-21-18(13-17)7-6-12-27-21/h4-13,15-16,23,28H,14H2,1-3H3,(H,30,33)(H,31,32)/b29-15+/t23-/m0/s1. The zero-order valence-corrected chi connectivity index (χ0v) is 19.3. The van der Waals surface area contributed by atoms with Crippen molar-refractivity contribution in [2.75, 3.05) is 0 Å². The fourth-order valence-corrected chi connectivity index (χ4v) is 3.60. The van der Waals surface area contributed by atoms with E-state index in [4.69, 9.17) is 4.74 Å². The number of aromatic nitrogens is 2. The molecule has 2 heterocycles. The number of amides is 2. The van der Waals surface area contributed by atoms with Crippen molar-refractivity contribution in [3.63, 3.8) is 0 Å². The zero-order valence-electron chi connectivity index (χ0n) is 19.3. The number of rotatable bonds is 6. The molecule has 0 unspecified atom stereocenters. The second kappa shape index (κ2) is 9.74. The number of H-pyrrole nitrogens is 1. The van der Waals surface area contributed by atoms with Gasteiger partial charge in [-0.05, 0) is 56.2 Å². The van der Waals surface area contributed by atoms with Gasteiger partial charge in [0.15, 0.2) is 0 Å². The fraction of sp³-hybridized carbons (Fsp3) is 0.231. The molecule has 34 heavy (non-hydrogen) atoms. The van der Waals surface area contributed by atoms with Gasteiger partial charge in [0.25, 0.3) is 5.91 Å². The number of hydrazone groups is 1. The maximum atomic E-state index is 13.0. The molecule has 0 fully saturated rings. The summed E-state index contributed by atoms with van der Waals surface area (Å²) in [6.45, 7) is 5.31. The quantitative estimate of drug-likeness (QED) is 0.296. The molecule has 0 aliphatic rings. The Labute approximate surface area is 197 Å². The lowest BCUT2D eigenvalue weighted by Gasteiger charge is -2.22. The SMILES string of the molecule is CC(C)(C)OC(=O)N[C@@H](Cc1c[nH]c2ccccc12)C(=O)N/N=C/c1ccc2ncccc2c1. The van der Waals surface area contributed by atoms with Crippen LogP contribution in [0, 0.1) is 0 Å². The number of para-hydroxylation sites is 1. The van der Waals surface area contributed by atoms with Crippen molar-refractivity contribution in [1.29, 1.82) is 0 Å². The summed E-state index contributed by atoms with van der Waals surface area (Å²) in [5.41, 5.74) is 5.41. The maximum absolute atomic E-state index is 13.0. The van der Waals surface area contributed by atoms with E-state index in [1.807, 2.05) is 60.8 Å². The predicted molar refractivity (Wildman–Crippen MR) is 133 cm³/mol. The van der Waals surface area contributed by atoms with Crippen LogP contribution in [-0.4, -0.2) is 39.8 Å². The van der Waals surface area contributed by atoms with Crippen LogP contribution in [0.5, 0.6) is 0 Å². The second-order valence-electron chi connectivity index (χ2n) is 8.95. The lowest BCUT2D eigenvalue weighted by Crippen LogP contribution is -2.48. The predicted octanol–water partition coefficient (Wildman–Crippen LogP) is 4.30. The number of carbonyl (C=O) groups is 2. The molecule has 0 bridgehead atoms. The van der Waals surface area contributed by atoms with Crippen molar-refractivity contribution < 1.29 is 14.3 Å². The Balaban J connectivity index is 1.49. The number of pyridine rings is 1. The number of carbonyl (C=O) groups excluding carboxylic acids is 2. The summed E-state index contributed by atoms with van der Waals surface area (Å²) in [7, 11) is 0. The molecule has 2 amide bonds. The molecule has 0 saturated heterocycles. The van der Waals surface area contributed by atoms with Gasteiger partial charge >= 0.3 is 6.09 Å². The highest BCUT2D eigenvalue weighted by Gasteiger charge is 2.25. The number of nitrogens with one attached hydrogen (secondary N) is 3. The summed E-state index contributed by atoms with van der Waals surface area (Å²) in [6, 6.07) is 16.4. The fourth-order valence-electron chi connectivity index (χ4n) is 3.60. The van der Waals surface area contributed by atoms with Gasteiger partial charge in [-0.1, -0.05) is 30.3 Å². The first-order chi connectivity index (χ1) is 16.3. The summed E-state index contributed by atoms with van der Waals surface area (Å²) in [5.74, 6) is -0.449. The lowest BCUT2D eigenvalue weighted by atomic mass is 10.0. The summed E-state index contributed by atoms with van der Waals surface area (Å²) in [5, 5.41) is 8.74. The maximum Gasteiger partial charge on any atom is 0.408 e. The number of fused-ring (bicyclic) bond motifs is 2. The first kappa shape index (κ1) is 23.0. The molecule has 0 aliphatic carbocycles. The van der Waals surface area contributed by atoms with Gasteiger partial charge in [-0.25, -0.2) is 10.2 Å². The van der Waals surface area contributed by atoms with E-state index in [1.54, 1.807) is 33.2 Å². The van der Waals surface area contributed by atoms with E-state index in [9.17, 15) is 9.59 Å². The van der Waals surface area contributed by atoms with Crippen molar-refractivity contribution >= 4 is 40.0 Å². The van der Waals surface area contributed by atoms with Crippen molar-refractivity contribution in [1.82, 2.24) is 20.7 Å². The van der Waals surface area contributed by atoms with E-state index in [-0.39, 0.29) is 6.42 Å². The van der Waals surface area contributed by atoms with Crippen LogP contribution in [0.4, 0.5) is 4.79 Å². The number of benzene rings is 2. The Kier molecular flexibility index (Phi) is 6.58. The highest BCUT2D eigenvalue weighted by Crippen LogP contribution is 2.19. The first-order valence-electron chi connectivity index (χ1n) is 11.0. The van der Waals surface area contributed by atoms with Crippen molar-refractivity contribution in [3.8, 4) is 0 Å². The third-order valence-electron chi connectivity index (χ3n) is 5.12. The van der Waals surface area contributed by atoms with Gasteiger partial charge in [0.2, 0.25) is 0 Å². The Bertz CT molecular complexity index is 1350. The van der Waals surface area contributed by atoms with Crippen LogP contribution in [0.3, 0.4) is 0 Å². The number of hydrogen-bond acceptors (Lipinski definition) is 5. The topological polar surface area (TPSA) is 108 Å². The van der Waals surface area contributed by atoms with Crippen LogP contribution in [0.15, 0.2) is 72.1 Å². The lowest BCUT2D eigenvalue weighted by molar-refractivity contribution is -0.123. The number of nitrogens with zero attached hydrogens (tertiary/aromatic N) is 2.